The SMILES string of the molecule is CCCOC1CN(C)CC1C(C)=N. The van der Waals surface area contributed by atoms with Crippen molar-refractivity contribution in [3.8, 4) is 0 Å². The second-order valence-corrected chi connectivity index (χ2v) is 3.92. The predicted molar refractivity (Wildman–Crippen MR) is 54.4 cm³/mol. The summed E-state index contributed by atoms with van der Waals surface area (Å²) in [6.45, 7) is 6.77. The van der Waals surface area contributed by atoms with Crippen molar-refractivity contribution < 1.29 is 4.74 Å². The molecule has 1 aliphatic heterocycles. The van der Waals surface area contributed by atoms with Gasteiger partial charge < -0.3 is 15.0 Å². The minimum Gasteiger partial charge on any atom is -0.376 e. The molecule has 0 amide bonds. The summed E-state index contributed by atoms with van der Waals surface area (Å²) in [5.41, 5.74) is 0.755. The number of likely N-dealkylation sites (N-methyl/N-ethyl adjacent to an activating group) is 1. The molecular weight excluding hydrogens is 164 g/mol. The fourth-order valence-electron chi connectivity index (χ4n) is 1.82. The average molecular weight is 184 g/mol. The van der Waals surface area contributed by atoms with Crippen molar-refractivity contribution in [1.29, 1.82) is 5.41 Å². The van der Waals surface area contributed by atoms with Crippen LogP contribution in [-0.4, -0.2) is 43.5 Å². The van der Waals surface area contributed by atoms with Crippen LogP contribution in [0, 0.1) is 11.3 Å². The van der Waals surface area contributed by atoms with E-state index in [2.05, 4.69) is 18.9 Å². The average Bonchev–Trinajstić information content (AvgIpc) is 2.43. The van der Waals surface area contributed by atoms with Crippen LogP contribution in [0.1, 0.15) is 20.3 Å². The zero-order valence-electron chi connectivity index (χ0n) is 8.84. The summed E-state index contributed by atoms with van der Waals surface area (Å²) < 4.78 is 5.71. The molecule has 1 heterocycles. The van der Waals surface area contributed by atoms with Crippen molar-refractivity contribution >= 4 is 5.71 Å². The lowest BCUT2D eigenvalue weighted by molar-refractivity contribution is 0.0492. The van der Waals surface area contributed by atoms with Gasteiger partial charge in [-0.05, 0) is 20.4 Å². The zero-order valence-corrected chi connectivity index (χ0v) is 8.84. The number of ether oxygens (including phenoxy) is 1. The quantitative estimate of drug-likeness (QED) is 0.670. The Morgan fingerprint density at radius 1 is 1.54 bits per heavy atom. The van der Waals surface area contributed by atoms with Crippen LogP contribution in [0.25, 0.3) is 0 Å². The third-order valence-electron chi connectivity index (χ3n) is 2.54. The fraction of sp³-hybridized carbons (Fsp3) is 0.900. The lowest BCUT2D eigenvalue weighted by Gasteiger charge is -2.17. The van der Waals surface area contributed by atoms with E-state index >= 15 is 0 Å². The Labute approximate surface area is 80.6 Å². The standard InChI is InChI=1S/C10H20N2O/c1-4-5-13-10-7-12(3)6-9(10)8(2)11/h9-11H,4-7H2,1-3H3. The summed E-state index contributed by atoms with van der Waals surface area (Å²) in [5, 5.41) is 7.64. The Morgan fingerprint density at radius 3 is 2.77 bits per heavy atom. The highest BCUT2D eigenvalue weighted by molar-refractivity contribution is 5.82. The van der Waals surface area contributed by atoms with Crippen molar-refractivity contribution in [2.75, 3.05) is 26.7 Å². The first kappa shape index (κ1) is 10.7. The molecule has 0 bridgehead atoms. The van der Waals surface area contributed by atoms with E-state index in [9.17, 15) is 0 Å². The molecule has 1 saturated heterocycles. The van der Waals surface area contributed by atoms with Gasteiger partial charge in [-0.2, -0.15) is 0 Å². The van der Waals surface area contributed by atoms with Crippen LogP contribution in [0.15, 0.2) is 0 Å². The molecule has 13 heavy (non-hydrogen) atoms. The molecule has 2 atom stereocenters. The molecule has 0 saturated carbocycles. The van der Waals surface area contributed by atoms with Crippen LogP contribution < -0.4 is 0 Å². The van der Waals surface area contributed by atoms with E-state index in [0.29, 0.717) is 5.92 Å². The number of hydrogen-bond donors (Lipinski definition) is 1. The molecule has 1 N–H and O–H groups in total. The lowest BCUT2D eigenvalue weighted by Crippen LogP contribution is -2.27. The number of rotatable bonds is 4. The number of nitrogens with one attached hydrogen (secondary N) is 1. The molecule has 1 rings (SSSR count). The predicted octanol–water partition coefficient (Wildman–Crippen LogP) is 1.38. The van der Waals surface area contributed by atoms with Crippen LogP contribution >= 0.6 is 0 Å². The molecule has 2 unspecified atom stereocenters. The summed E-state index contributed by atoms with van der Waals surface area (Å²) in [6, 6.07) is 0. The summed E-state index contributed by atoms with van der Waals surface area (Å²) >= 11 is 0. The van der Waals surface area contributed by atoms with Crippen molar-refractivity contribution in [3.05, 3.63) is 0 Å². The Bertz CT molecular complexity index is 182. The van der Waals surface area contributed by atoms with E-state index in [1.165, 1.54) is 0 Å². The van der Waals surface area contributed by atoms with Crippen LogP contribution in [0.3, 0.4) is 0 Å². The highest BCUT2D eigenvalue weighted by Gasteiger charge is 2.32. The van der Waals surface area contributed by atoms with Gasteiger partial charge in [-0.3, -0.25) is 0 Å². The minimum atomic E-state index is 0.252. The van der Waals surface area contributed by atoms with Gasteiger partial charge in [0.05, 0.1) is 6.10 Å². The van der Waals surface area contributed by atoms with Crippen molar-refractivity contribution in [2.45, 2.75) is 26.4 Å². The topological polar surface area (TPSA) is 36.3 Å². The molecule has 0 aromatic rings. The largest absolute Gasteiger partial charge is 0.376 e. The first-order valence-electron chi connectivity index (χ1n) is 5.00. The molecule has 0 spiro atoms. The monoisotopic (exact) mass is 184 g/mol. The molecular formula is C10H20N2O. The second kappa shape index (κ2) is 4.72. The minimum absolute atomic E-state index is 0.252. The van der Waals surface area contributed by atoms with Gasteiger partial charge in [0, 0.05) is 31.3 Å². The normalized spacial score (nSPS) is 29.5. The first-order valence-corrected chi connectivity index (χ1v) is 5.00. The molecule has 0 aliphatic carbocycles. The van der Waals surface area contributed by atoms with Crippen LogP contribution in [0.5, 0.6) is 0 Å². The highest BCUT2D eigenvalue weighted by atomic mass is 16.5. The Morgan fingerprint density at radius 2 is 2.23 bits per heavy atom. The molecule has 76 valence electrons. The lowest BCUT2D eigenvalue weighted by atomic mass is 10.0. The molecule has 0 aromatic heterocycles. The van der Waals surface area contributed by atoms with Gasteiger partial charge in [0.25, 0.3) is 0 Å². The van der Waals surface area contributed by atoms with Crippen LogP contribution in [0.2, 0.25) is 0 Å². The molecule has 0 radical (unpaired) electrons. The summed E-state index contributed by atoms with van der Waals surface area (Å²) in [6.07, 6.45) is 1.31. The maximum absolute atomic E-state index is 7.64. The molecule has 0 aromatic carbocycles. The van der Waals surface area contributed by atoms with Gasteiger partial charge >= 0.3 is 0 Å². The maximum Gasteiger partial charge on any atom is 0.0794 e. The second-order valence-electron chi connectivity index (χ2n) is 3.92. The van der Waals surface area contributed by atoms with Gasteiger partial charge in [-0.25, -0.2) is 0 Å². The summed E-state index contributed by atoms with van der Waals surface area (Å²) in [5.74, 6) is 0.316. The van der Waals surface area contributed by atoms with Crippen molar-refractivity contribution in [3.63, 3.8) is 0 Å². The summed E-state index contributed by atoms with van der Waals surface area (Å²) in [4.78, 5) is 2.24. The van der Waals surface area contributed by atoms with Gasteiger partial charge in [0.1, 0.15) is 0 Å². The van der Waals surface area contributed by atoms with E-state index in [0.717, 1.165) is 31.8 Å². The Balaban J connectivity index is 2.45. The van der Waals surface area contributed by atoms with Gasteiger partial charge in [0.2, 0.25) is 0 Å². The number of hydrogen-bond acceptors (Lipinski definition) is 3. The van der Waals surface area contributed by atoms with Crippen molar-refractivity contribution in [2.24, 2.45) is 5.92 Å². The van der Waals surface area contributed by atoms with E-state index in [1.807, 2.05) is 6.92 Å². The van der Waals surface area contributed by atoms with E-state index < -0.39 is 0 Å². The van der Waals surface area contributed by atoms with E-state index in [1.54, 1.807) is 0 Å². The van der Waals surface area contributed by atoms with Crippen molar-refractivity contribution in [1.82, 2.24) is 4.90 Å². The van der Waals surface area contributed by atoms with Gasteiger partial charge in [-0.15, -0.1) is 0 Å². The molecule has 1 aliphatic rings. The Hall–Kier alpha value is -0.410. The number of nitrogens with zero attached hydrogens (tertiary/aromatic N) is 1. The molecule has 3 nitrogen and oxygen atoms in total. The zero-order chi connectivity index (χ0) is 9.84. The van der Waals surface area contributed by atoms with E-state index in [4.69, 9.17) is 10.1 Å². The highest BCUT2D eigenvalue weighted by Crippen LogP contribution is 2.19. The van der Waals surface area contributed by atoms with Gasteiger partial charge in [0.15, 0.2) is 0 Å². The third kappa shape index (κ3) is 2.78. The number of likely N-dealkylation sites (tertiary alicyclic amines) is 1. The molecule has 1 fully saturated rings. The third-order valence-corrected chi connectivity index (χ3v) is 2.54. The Kier molecular flexibility index (Phi) is 3.88. The van der Waals surface area contributed by atoms with Crippen LogP contribution in [-0.2, 0) is 4.74 Å². The first-order chi connectivity index (χ1) is 6.15. The summed E-state index contributed by atoms with van der Waals surface area (Å²) in [7, 11) is 2.09. The fourth-order valence-corrected chi connectivity index (χ4v) is 1.82. The van der Waals surface area contributed by atoms with E-state index in [-0.39, 0.29) is 6.10 Å². The van der Waals surface area contributed by atoms with Crippen LogP contribution in [0.4, 0.5) is 0 Å². The molecule has 3 heteroatoms. The van der Waals surface area contributed by atoms with Gasteiger partial charge in [-0.1, -0.05) is 6.92 Å². The maximum atomic E-state index is 7.64. The smallest absolute Gasteiger partial charge is 0.0794 e.